The number of methoxy groups -OCH3 is 2. The topological polar surface area (TPSA) is 77.4 Å². The highest BCUT2D eigenvalue weighted by molar-refractivity contribution is 5.72. The zero-order chi connectivity index (χ0) is 21.1. The monoisotopic (exact) mass is 399 g/mol. The Kier molecular flexibility index (Phi) is 5.30. The van der Waals surface area contributed by atoms with Crippen molar-refractivity contribution in [2.24, 2.45) is 0 Å². The third kappa shape index (κ3) is 3.80. The first-order valence-corrected chi connectivity index (χ1v) is 9.43. The molecule has 0 bridgehead atoms. The fourth-order valence-corrected chi connectivity index (χ4v) is 3.06. The molecule has 0 aliphatic heterocycles. The predicted octanol–water partition coefficient (Wildman–Crippen LogP) is 4.90. The number of rotatable bonds is 5. The maximum atomic E-state index is 10.6. The van der Waals surface area contributed by atoms with Gasteiger partial charge in [-0.25, -0.2) is 15.0 Å². The van der Waals surface area contributed by atoms with Crippen LogP contribution in [0.25, 0.3) is 34.2 Å². The molecule has 30 heavy (non-hydrogen) atoms. The zero-order valence-corrected chi connectivity index (χ0v) is 17.0. The third-order valence-electron chi connectivity index (χ3n) is 4.75. The van der Waals surface area contributed by atoms with Gasteiger partial charge in [0.15, 0.2) is 29.0 Å². The van der Waals surface area contributed by atoms with Crippen molar-refractivity contribution < 1.29 is 14.6 Å². The van der Waals surface area contributed by atoms with Crippen LogP contribution in [0.1, 0.15) is 5.56 Å². The highest BCUT2D eigenvalue weighted by Gasteiger charge is 2.16. The average molecular weight is 399 g/mol. The van der Waals surface area contributed by atoms with Crippen molar-refractivity contribution >= 4 is 0 Å². The van der Waals surface area contributed by atoms with Crippen LogP contribution in [0.3, 0.4) is 0 Å². The van der Waals surface area contributed by atoms with E-state index in [4.69, 9.17) is 9.47 Å². The first-order valence-electron chi connectivity index (χ1n) is 9.43. The summed E-state index contributed by atoms with van der Waals surface area (Å²) in [5.74, 6) is 2.48. The van der Waals surface area contributed by atoms with Gasteiger partial charge in [-0.15, -0.1) is 0 Å². The Morgan fingerprint density at radius 3 is 1.80 bits per heavy atom. The molecule has 0 atom stereocenters. The van der Waals surface area contributed by atoms with Crippen LogP contribution < -0.4 is 9.47 Å². The van der Waals surface area contributed by atoms with Crippen LogP contribution in [-0.2, 0) is 0 Å². The molecule has 0 spiro atoms. The molecule has 0 aliphatic rings. The molecule has 150 valence electrons. The summed E-state index contributed by atoms with van der Waals surface area (Å²) in [5.41, 5.74) is 3.30. The molecule has 0 saturated heterocycles. The van der Waals surface area contributed by atoms with Crippen molar-refractivity contribution in [3.05, 3.63) is 72.3 Å². The van der Waals surface area contributed by atoms with Crippen LogP contribution in [-0.4, -0.2) is 34.3 Å². The van der Waals surface area contributed by atoms with E-state index in [1.54, 1.807) is 25.3 Å². The van der Waals surface area contributed by atoms with E-state index in [-0.39, 0.29) is 5.75 Å². The molecule has 3 aromatic carbocycles. The molecule has 6 nitrogen and oxygen atoms in total. The molecule has 1 N–H and O–H groups in total. The molecule has 1 heterocycles. The van der Waals surface area contributed by atoms with Crippen LogP contribution >= 0.6 is 0 Å². The maximum Gasteiger partial charge on any atom is 0.168 e. The Labute approximate surface area is 174 Å². The molecule has 0 amide bonds. The molecule has 6 heteroatoms. The summed E-state index contributed by atoms with van der Waals surface area (Å²) in [5, 5.41) is 10.6. The molecule has 0 radical (unpaired) electrons. The van der Waals surface area contributed by atoms with Gasteiger partial charge < -0.3 is 14.6 Å². The van der Waals surface area contributed by atoms with Crippen LogP contribution in [0.5, 0.6) is 17.2 Å². The number of phenolic OH excluding ortho intramolecular Hbond substituents is 1. The van der Waals surface area contributed by atoms with Crippen LogP contribution in [0.4, 0.5) is 0 Å². The van der Waals surface area contributed by atoms with E-state index >= 15 is 0 Å². The molecule has 0 unspecified atom stereocenters. The van der Waals surface area contributed by atoms with Gasteiger partial charge >= 0.3 is 0 Å². The van der Waals surface area contributed by atoms with E-state index in [1.807, 2.05) is 55.5 Å². The van der Waals surface area contributed by atoms with E-state index in [2.05, 4.69) is 15.0 Å². The number of aryl methyl sites for hydroxylation is 1. The Hall–Kier alpha value is -3.93. The van der Waals surface area contributed by atoms with Gasteiger partial charge in [-0.3, -0.25) is 0 Å². The minimum absolute atomic E-state index is 0.0123. The van der Waals surface area contributed by atoms with Gasteiger partial charge in [0, 0.05) is 11.1 Å². The molecular weight excluding hydrogens is 378 g/mol. The fraction of sp³-hybridized carbons (Fsp3) is 0.125. The summed E-state index contributed by atoms with van der Waals surface area (Å²) < 4.78 is 10.5. The second kappa shape index (κ2) is 8.21. The lowest BCUT2D eigenvalue weighted by atomic mass is 10.1. The molecule has 1 aromatic heterocycles. The summed E-state index contributed by atoms with van der Waals surface area (Å²) in [7, 11) is 3.13. The maximum absolute atomic E-state index is 10.6. The quantitative estimate of drug-likeness (QED) is 0.514. The van der Waals surface area contributed by atoms with E-state index in [0.717, 1.165) is 22.4 Å². The number of para-hydroxylation sites is 1. The molecule has 4 rings (SSSR count). The largest absolute Gasteiger partial charge is 0.504 e. The predicted molar refractivity (Wildman–Crippen MR) is 116 cm³/mol. The number of phenols is 1. The minimum atomic E-state index is -0.0123. The number of aromatic hydroxyl groups is 1. The van der Waals surface area contributed by atoms with Crippen molar-refractivity contribution in [1.29, 1.82) is 0 Å². The first kappa shape index (κ1) is 19.4. The normalized spacial score (nSPS) is 10.6. The molecule has 0 aliphatic carbocycles. The minimum Gasteiger partial charge on any atom is -0.504 e. The average Bonchev–Trinajstić information content (AvgIpc) is 2.79. The molecule has 4 aromatic rings. The highest BCUT2D eigenvalue weighted by atomic mass is 16.5. The van der Waals surface area contributed by atoms with Gasteiger partial charge in [0.05, 0.1) is 19.8 Å². The number of nitrogens with zero attached hydrogens (tertiary/aromatic N) is 3. The third-order valence-corrected chi connectivity index (χ3v) is 4.75. The number of ether oxygens (including phenoxy) is 2. The van der Waals surface area contributed by atoms with Gasteiger partial charge in [-0.2, -0.15) is 0 Å². The van der Waals surface area contributed by atoms with Crippen LogP contribution in [0.15, 0.2) is 66.7 Å². The van der Waals surface area contributed by atoms with Crippen molar-refractivity contribution in [3.8, 4) is 51.4 Å². The summed E-state index contributed by atoms with van der Waals surface area (Å²) in [6, 6.07) is 20.7. The lowest BCUT2D eigenvalue weighted by Gasteiger charge is -2.11. The number of aromatic nitrogens is 3. The summed E-state index contributed by atoms with van der Waals surface area (Å²) in [6.07, 6.45) is 0. The summed E-state index contributed by atoms with van der Waals surface area (Å²) in [4.78, 5) is 13.9. The Morgan fingerprint density at radius 1 is 0.667 bits per heavy atom. The standard InChI is InChI=1S/C24H21N3O3/c1-15-7-9-16(10-8-15)22-25-23(17-11-13-18(29-2)14-12-17)27-24(26-22)19-5-4-6-20(30-3)21(19)28/h4-14,28H,1-3H3. The van der Waals surface area contributed by atoms with Gasteiger partial charge in [0.1, 0.15) is 5.75 Å². The molecule has 0 fully saturated rings. The Balaban J connectivity index is 1.91. The van der Waals surface area contributed by atoms with E-state index in [0.29, 0.717) is 28.8 Å². The van der Waals surface area contributed by atoms with Crippen LogP contribution in [0.2, 0.25) is 0 Å². The second-order valence-corrected chi connectivity index (χ2v) is 6.76. The SMILES string of the molecule is COc1ccc(-c2nc(-c3ccc(C)cc3)nc(-c3cccc(OC)c3O)n2)cc1. The van der Waals surface area contributed by atoms with Gasteiger partial charge in [-0.1, -0.05) is 35.9 Å². The van der Waals surface area contributed by atoms with E-state index in [9.17, 15) is 5.11 Å². The van der Waals surface area contributed by atoms with Crippen molar-refractivity contribution in [2.45, 2.75) is 6.92 Å². The van der Waals surface area contributed by atoms with E-state index < -0.39 is 0 Å². The second-order valence-electron chi connectivity index (χ2n) is 6.76. The Bertz CT molecular complexity index is 1170. The molecular formula is C24H21N3O3. The number of benzene rings is 3. The Morgan fingerprint density at radius 2 is 1.23 bits per heavy atom. The summed E-state index contributed by atoms with van der Waals surface area (Å²) in [6.45, 7) is 2.03. The van der Waals surface area contributed by atoms with Crippen molar-refractivity contribution in [1.82, 2.24) is 15.0 Å². The van der Waals surface area contributed by atoms with Crippen molar-refractivity contribution in [2.75, 3.05) is 14.2 Å². The zero-order valence-electron chi connectivity index (χ0n) is 17.0. The number of hydrogen-bond donors (Lipinski definition) is 1. The van der Waals surface area contributed by atoms with Gasteiger partial charge in [-0.05, 0) is 43.3 Å². The molecule has 0 saturated carbocycles. The van der Waals surface area contributed by atoms with Crippen molar-refractivity contribution in [3.63, 3.8) is 0 Å². The van der Waals surface area contributed by atoms with Crippen LogP contribution in [0, 0.1) is 6.92 Å². The van der Waals surface area contributed by atoms with Gasteiger partial charge in [0.2, 0.25) is 0 Å². The number of hydrogen-bond acceptors (Lipinski definition) is 6. The smallest absolute Gasteiger partial charge is 0.168 e. The first-order chi connectivity index (χ1) is 14.6. The highest BCUT2D eigenvalue weighted by Crippen LogP contribution is 2.36. The van der Waals surface area contributed by atoms with E-state index in [1.165, 1.54) is 7.11 Å². The lowest BCUT2D eigenvalue weighted by molar-refractivity contribution is 0.374. The fourth-order valence-electron chi connectivity index (χ4n) is 3.06. The van der Waals surface area contributed by atoms with Gasteiger partial charge in [0.25, 0.3) is 0 Å². The lowest BCUT2D eigenvalue weighted by Crippen LogP contribution is -2.00. The summed E-state index contributed by atoms with van der Waals surface area (Å²) >= 11 is 0.